The molecule has 1 aliphatic heterocycles. The molecule has 1 atom stereocenters. The second kappa shape index (κ2) is 9.88. The Bertz CT molecular complexity index is 945. The first-order chi connectivity index (χ1) is 14.5. The van der Waals surface area contributed by atoms with Gasteiger partial charge in [-0.25, -0.2) is 9.78 Å². The van der Waals surface area contributed by atoms with E-state index in [1.165, 1.54) is 0 Å². The smallest absolute Gasteiger partial charge is 0.315 e. The highest BCUT2D eigenvalue weighted by molar-refractivity contribution is 6.30. The molecule has 31 heavy (non-hydrogen) atoms. The Morgan fingerprint density at radius 1 is 1.19 bits per heavy atom. The number of nitrogens with one attached hydrogen (secondary N) is 1. The quantitative estimate of drug-likeness (QED) is 0.578. The summed E-state index contributed by atoms with van der Waals surface area (Å²) in [7, 11) is 0. The highest BCUT2D eigenvalue weighted by Gasteiger charge is 2.37. The molecule has 1 fully saturated rings. The lowest BCUT2D eigenvalue weighted by molar-refractivity contribution is -0.119. The lowest BCUT2D eigenvalue weighted by Gasteiger charge is -2.39. The first kappa shape index (κ1) is 23.4. The summed E-state index contributed by atoms with van der Waals surface area (Å²) in [5, 5.41) is 3.53. The molecule has 0 unspecified atom stereocenters. The normalized spacial score (nSPS) is 17.2. The van der Waals surface area contributed by atoms with Gasteiger partial charge in [0.05, 0.1) is 23.6 Å². The van der Waals surface area contributed by atoms with E-state index in [4.69, 9.17) is 16.6 Å². The van der Waals surface area contributed by atoms with Crippen LogP contribution in [0.25, 0.3) is 0 Å². The predicted molar refractivity (Wildman–Crippen MR) is 126 cm³/mol. The van der Waals surface area contributed by atoms with Gasteiger partial charge in [-0.05, 0) is 55.7 Å². The summed E-state index contributed by atoms with van der Waals surface area (Å²) in [6, 6.07) is 11.1. The molecule has 8 heteroatoms. The van der Waals surface area contributed by atoms with E-state index in [9.17, 15) is 9.59 Å². The van der Waals surface area contributed by atoms with Gasteiger partial charge in [0.15, 0.2) is 0 Å². The maximum Gasteiger partial charge on any atom is 0.329 e. The molecule has 1 aliphatic carbocycles. The van der Waals surface area contributed by atoms with Crippen LogP contribution in [0.1, 0.15) is 51.6 Å². The number of carbonyl (C=O) groups excluding carboxylic acids is 2. The van der Waals surface area contributed by atoms with Crippen LogP contribution in [0.15, 0.2) is 36.4 Å². The summed E-state index contributed by atoms with van der Waals surface area (Å²) in [5.41, 5.74) is 2.29. The Hall–Kier alpha value is -2.31. The van der Waals surface area contributed by atoms with Gasteiger partial charge < -0.3 is 10.2 Å². The van der Waals surface area contributed by atoms with Gasteiger partial charge in [-0.2, -0.15) is 0 Å². The number of benzene rings is 1. The minimum Gasteiger partial charge on any atom is -0.315 e. The lowest BCUT2D eigenvalue weighted by Crippen LogP contribution is -2.49. The molecule has 0 bridgehead atoms. The van der Waals surface area contributed by atoms with E-state index in [0.717, 1.165) is 49.2 Å². The molecule has 0 saturated heterocycles. The van der Waals surface area contributed by atoms with Gasteiger partial charge in [0.25, 0.3) is 0 Å². The lowest BCUT2D eigenvalue weighted by atomic mass is 10.1. The fraction of sp³-hybridized carbons (Fsp3) is 0.435. The molecule has 1 aromatic carbocycles. The van der Waals surface area contributed by atoms with Gasteiger partial charge in [-0.15, -0.1) is 12.4 Å². The summed E-state index contributed by atoms with van der Waals surface area (Å²) < 4.78 is 0. The van der Waals surface area contributed by atoms with Gasteiger partial charge in [-0.3, -0.25) is 9.69 Å². The van der Waals surface area contributed by atoms with Crippen LogP contribution in [-0.2, 0) is 11.3 Å². The zero-order valence-electron chi connectivity index (χ0n) is 17.8. The van der Waals surface area contributed by atoms with Crippen molar-refractivity contribution < 1.29 is 9.59 Å². The van der Waals surface area contributed by atoms with E-state index >= 15 is 0 Å². The van der Waals surface area contributed by atoms with E-state index in [2.05, 4.69) is 5.32 Å². The van der Waals surface area contributed by atoms with Crippen LogP contribution in [0.2, 0.25) is 5.02 Å². The van der Waals surface area contributed by atoms with Gasteiger partial charge in [-0.1, -0.05) is 38.3 Å². The fourth-order valence-electron chi connectivity index (χ4n) is 4.12. The second-order valence-electron chi connectivity index (χ2n) is 8.12. The van der Waals surface area contributed by atoms with Crippen molar-refractivity contribution in [3.63, 3.8) is 0 Å². The van der Waals surface area contributed by atoms with Crippen LogP contribution in [0, 0.1) is 5.92 Å². The van der Waals surface area contributed by atoms with Crippen LogP contribution in [0.3, 0.4) is 0 Å². The fourth-order valence-corrected chi connectivity index (χ4v) is 4.25. The zero-order valence-corrected chi connectivity index (χ0v) is 19.4. The summed E-state index contributed by atoms with van der Waals surface area (Å²) in [5.74, 6) is 0.403. The predicted octanol–water partition coefficient (Wildman–Crippen LogP) is 6.16. The Morgan fingerprint density at radius 2 is 1.87 bits per heavy atom. The number of halogens is 2. The van der Waals surface area contributed by atoms with Gasteiger partial charge in [0.2, 0.25) is 5.91 Å². The minimum absolute atomic E-state index is 0. The van der Waals surface area contributed by atoms with Crippen LogP contribution in [0.5, 0.6) is 0 Å². The van der Waals surface area contributed by atoms with Crippen LogP contribution < -0.4 is 10.2 Å². The van der Waals surface area contributed by atoms with Gasteiger partial charge in [0, 0.05) is 17.0 Å². The second-order valence-corrected chi connectivity index (χ2v) is 8.56. The average molecular weight is 463 g/mol. The van der Waals surface area contributed by atoms with Crippen molar-refractivity contribution in [1.29, 1.82) is 0 Å². The maximum atomic E-state index is 13.5. The molecule has 2 aromatic rings. The number of hydrogen-bond donors (Lipinski definition) is 1. The van der Waals surface area contributed by atoms with Crippen molar-refractivity contribution in [3.05, 3.63) is 47.1 Å². The first-order valence-corrected chi connectivity index (χ1v) is 11.0. The third-order valence-electron chi connectivity index (χ3n) is 6.11. The molecule has 1 aromatic heterocycles. The summed E-state index contributed by atoms with van der Waals surface area (Å²) in [4.78, 5) is 34.2. The number of carbonyl (C=O) groups is 2. The number of hydrogen-bond acceptors (Lipinski definition) is 3. The zero-order chi connectivity index (χ0) is 21.3. The molecule has 2 heterocycles. The van der Waals surface area contributed by atoms with E-state index in [1.807, 2.05) is 36.9 Å². The summed E-state index contributed by atoms with van der Waals surface area (Å²) in [6.07, 6.45) is 5.08. The molecule has 0 radical (unpaired) electrons. The van der Waals surface area contributed by atoms with Gasteiger partial charge in [0.1, 0.15) is 5.82 Å². The van der Waals surface area contributed by atoms with Crippen molar-refractivity contribution in [3.8, 4) is 0 Å². The number of fused-ring (bicyclic) bond motifs is 1. The highest BCUT2D eigenvalue weighted by Crippen LogP contribution is 2.38. The Kier molecular flexibility index (Phi) is 7.44. The molecule has 1 saturated carbocycles. The SMILES string of the molecule is CC[C@@H](C)C(=O)Nc1ccc2c(n1)CN(C1CCCC1)C(=O)N2c1ccc(Cl)cc1.Cl. The number of pyridine rings is 1. The van der Waals surface area contributed by atoms with Crippen LogP contribution in [-0.4, -0.2) is 27.9 Å². The van der Waals surface area contributed by atoms with Crippen molar-refractivity contribution in [2.75, 3.05) is 10.2 Å². The number of aromatic nitrogens is 1. The van der Waals surface area contributed by atoms with Crippen molar-refractivity contribution >= 4 is 53.1 Å². The molecular weight excluding hydrogens is 435 g/mol. The third-order valence-corrected chi connectivity index (χ3v) is 6.36. The molecular formula is C23H28Cl2N4O2. The van der Waals surface area contributed by atoms with Crippen molar-refractivity contribution in [1.82, 2.24) is 9.88 Å². The minimum atomic E-state index is -0.0787. The number of amides is 3. The third kappa shape index (κ3) is 4.80. The van der Waals surface area contributed by atoms with Crippen LogP contribution >= 0.6 is 24.0 Å². The number of rotatable bonds is 5. The number of nitrogens with zero attached hydrogens (tertiary/aromatic N) is 3. The van der Waals surface area contributed by atoms with E-state index < -0.39 is 0 Å². The van der Waals surface area contributed by atoms with Crippen molar-refractivity contribution in [2.45, 2.75) is 58.5 Å². The van der Waals surface area contributed by atoms with E-state index in [0.29, 0.717) is 17.4 Å². The van der Waals surface area contributed by atoms with Crippen LogP contribution in [0.4, 0.5) is 22.0 Å². The largest absolute Gasteiger partial charge is 0.329 e. The highest BCUT2D eigenvalue weighted by atomic mass is 35.5. The molecule has 1 N–H and O–H groups in total. The standard InChI is InChI=1S/C23H27ClN4O2.ClH/c1-3-15(2)22(29)26-21-13-12-20-19(25-21)14-27(17-6-4-5-7-17)23(30)28(20)18-10-8-16(24)9-11-18;/h8-13,15,17H,3-7,14H2,1-2H3,(H,25,26,29);1H/t15-;/m1./s1. The Labute approximate surface area is 194 Å². The molecule has 3 amide bonds. The monoisotopic (exact) mass is 462 g/mol. The number of anilines is 3. The Morgan fingerprint density at radius 3 is 2.52 bits per heavy atom. The molecule has 2 aliphatic rings. The Balaban J connectivity index is 0.00000272. The summed E-state index contributed by atoms with van der Waals surface area (Å²) >= 11 is 6.06. The maximum absolute atomic E-state index is 13.5. The van der Waals surface area contributed by atoms with E-state index in [1.54, 1.807) is 23.1 Å². The molecule has 4 rings (SSSR count). The van der Waals surface area contributed by atoms with Gasteiger partial charge >= 0.3 is 6.03 Å². The molecule has 6 nitrogen and oxygen atoms in total. The molecule has 166 valence electrons. The average Bonchev–Trinajstić information content (AvgIpc) is 3.28. The molecule has 0 spiro atoms. The topological polar surface area (TPSA) is 65.5 Å². The first-order valence-electron chi connectivity index (χ1n) is 10.6. The van der Waals surface area contributed by atoms with E-state index in [-0.39, 0.29) is 36.3 Å². The summed E-state index contributed by atoms with van der Waals surface area (Å²) in [6.45, 7) is 4.34. The van der Waals surface area contributed by atoms with Crippen molar-refractivity contribution in [2.24, 2.45) is 5.92 Å². The number of urea groups is 1.